The van der Waals surface area contributed by atoms with Crippen molar-refractivity contribution in [2.45, 2.75) is 60.8 Å². The molecule has 3 rings (SSSR count). The summed E-state index contributed by atoms with van der Waals surface area (Å²) in [5, 5.41) is 26.4. The second kappa shape index (κ2) is 23.1. The van der Waals surface area contributed by atoms with Crippen LogP contribution in [-0.2, 0) is 4.74 Å². The van der Waals surface area contributed by atoms with Gasteiger partial charge in [0.25, 0.3) is 0 Å². The SMILES string of the molecule is CC/C=C\COC(=O)c1cc(OC/C=C\CC)ccc1C.CC/C=C\COc1ccc(C)c(C(=O)O)c1.Cc1ccc(O)cc1C(=O)O. The van der Waals surface area contributed by atoms with Crippen molar-refractivity contribution in [1.29, 1.82) is 0 Å². The van der Waals surface area contributed by atoms with Gasteiger partial charge in [-0.25, -0.2) is 14.4 Å². The molecule has 0 amide bonds. The highest BCUT2D eigenvalue weighted by molar-refractivity contribution is 5.92. The number of aromatic hydroxyl groups is 1. The first-order valence-corrected chi connectivity index (χ1v) is 15.8. The summed E-state index contributed by atoms with van der Waals surface area (Å²) in [6.45, 7) is 12.8. The molecule has 0 spiro atoms. The number of aryl methyl sites for hydroxylation is 3. The number of benzene rings is 3. The van der Waals surface area contributed by atoms with Gasteiger partial charge in [0.05, 0.1) is 16.7 Å². The third-order valence-corrected chi connectivity index (χ3v) is 6.53. The monoisotopic (exact) mass is 660 g/mol. The minimum absolute atomic E-state index is 0.0204. The zero-order valence-corrected chi connectivity index (χ0v) is 28.7. The zero-order chi connectivity index (χ0) is 35.9. The summed E-state index contributed by atoms with van der Waals surface area (Å²) in [4.78, 5) is 33.4. The number of esters is 1. The van der Waals surface area contributed by atoms with Crippen LogP contribution in [0.25, 0.3) is 0 Å². The van der Waals surface area contributed by atoms with E-state index in [9.17, 15) is 14.4 Å². The van der Waals surface area contributed by atoms with E-state index in [1.807, 2.05) is 69.4 Å². The lowest BCUT2D eigenvalue weighted by molar-refractivity contribution is 0.0546. The van der Waals surface area contributed by atoms with E-state index >= 15 is 0 Å². The number of carbonyl (C=O) groups excluding carboxylic acids is 1. The normalized spacial score (nSPS) is 10.6. The molecule has 0 aromatic heterocycles. The van der Waals surface area contributed by atoms with Gasteiger partial charge in [-0.15, -0.1) is 0 Å². The van der Waals surface area contributed by atoms with E-state index in [4.69, 9.17) is 29.5 Å². The maximum atomic E-state index is 12.0. The van der Waals surface area contributed by atoms with E-state index in [1.54, 1.807) is 44.2 Å². The van der Waals surface area contributed by atoms with Crippen molar-refractivity contribution in [3.05, 3.63) is 124 Å². The van der Waals surface area contributed by atoms with Gasteiger partial charge in [-0.05, 0) is 93.1 Å². The van der Waals surface area contributed by atoms with Gasteiger partial charge in [-0.1, -0.05) is 75.4 Å². The molecule has 3 aromatic carbocycles. The summed E-state index contributed by atoms with van der Waals surface area (Å²) in [7, 11) is 0. The second-order valence-corrected chi connectivity index (χ2v) is 10.4. The van der Waals surface area contributed by atoms with Crippen molar-refractivity contribution in [1.82, 2.24) is 0 Å². The third kappa shape index (κ3) is 15.8. The highest BCUT2D eigenvalue weighted by Crippen LogP contribution is 2.19. The van der Waals surface area contributed by atoms with Crippen LogP contribution in [0, 0.1) is 20.8 Å². The number of allylic oxidation sites excluding steroid dienone is 3. The number of phenolic OH excluding ortho intramolecular Hbond substituents is 1. The van der Waals surface area contributed by atoms with Crippen molar-refractivity contribution in [2.24, 2.45) is 0 Å². The summed E-state index contributed by atoms with van der Waals surface area (Å²) in [5.41, 5.74) is 3.26. The van der Waals surface area contributed by atoms with Gasteiger partial charge in [0.15, 0.2) is 0 Å². The summed E-state index contributed by atoms with van der Waals surface area (Å²) >= 11 is 0. The number of phenols is 1. The Hall–Kier alpha value is -5.31. The van der Waals surface area contributed by atoms with E-state index in [2.05, 4.69) is 6.92 Å². The van der Waals surface area contributed by atoms with Gasteiger partial charge in [0, 0.05) is 0 Å². The van der Waals surface area contributed by atoms with Crippen molar-refractivity contribution in [3.63, 3.8) is 0 Å². The molecule has 0 aliphatic rings. The first-order valence-electron chi connectivity index (χ1n) is 15.8. The molecule has 0 radical (unpaired) electrons. The molecule has 3 N–H and O–H groups in total. The van der Waals surface area contributed by atoms with Gasteiger partial charge >= 0.3 is 17.9 Å². The minimum Gasteiger partial charge on any atom is -0.508 e. The Labute approximate surface area is 283 Å². The molecule has 0 aliphatic carbocycles. The predicted molar refractivity (Wildman–Crippen MR) is 189 cm³/mol. The lowest BCUT2D eigenvalue weighted by Gasteiger charge is -2.09. The summed E-state index contributed by atoms with van der Waals surface area (Å²) in [6, 6.07) is 14.8. The standard InChI is InChI=1S/C18H24O3.C13H16O3.C8H8O3/c1-4-6-8-12-20-16-11-10-15(3)17(14-16)18(19)21-13-9-7-5-2;1-3-4-5-8-16-11-7-6-10(2)12(9-11)13(14)15;1-5-2-3-6(9)4-7(5)8(10)11/h6-11,14H,4-5,12-13H2,1-3H3;4-7,9H,3,8H2,1-2H3,(H,14,15);2-4,9H,1H3,(H,10,11)/b8-6-,9-7-;5-4-;. The van der Waals surface area contributed by atoms with E-state index in [1.165, 1.54) is 12.1 Å². The summed E-state index contributed by atoms with van der Waals surface area (Å²) in [5.74, 6) is -1.01. The lowest BCUT2D eigenvalue weighted by Crippen LogP contribution is -2.07. The van der Waals surface area contributed by atoms with E-state index in [0.29, 0.717) is 42.4 Å². The Bertz CT molecular complexity index is 1550. The molecule has 48 heavy (non-hydrogen) atoms. The highest BCUT2D eigenvalue weighted by atomic mass is 16.5. The molecular formula is C39H48O9. The smallest absolute Gasteiger partial charge is 0.338 e. The first kappa shape index (κ1) is 40.7. The fourth-order valence-corrected chi connectivity index (χ4v) is 3.87. The van der Waals surface area contributed by atoms with Gasteiger partial charge < -0.3 is 29.5 Å². The minimum atomic E-state index is -1.02. The maximum absolute atomic E-state index is 12.0. The van der Waals surface area contributed by atoms with Crippen molar-refractivity contribution >= 4 is 17.9 Å². The highest BCUT2D eigenvalue weighted by Gasteiger charge is 2.11. The average molecular weight is 661 g/mol. The number of hydrogen-bond donors (Lipinski definition) is 3. The van der Waals surface area contributed by atoms with Crippen LogP contribution in [0.2, 0.25) is 0 Å². The Morgan fingerprint density at radius 1 is 0.562 bits per heavy atom. The Morgan fingerprint density at radius 3 is 1.40 bits per heavy atom. The van der Waals surface area contributed by atoms with Crippen LogP contribution in [0.4, 0.5) is 0 Å². The fraction of sp³-hybridized carbons (Fsp3) is 0.308. The summed E-state index contributed by atoms with van der Waals surface area (Å²) < 4.78 is 16.2. The van der Waals surface area contributed by atoms with Crippen LogP contribution in [0.3, 0.4) is 0 Å². The Kier molecular flexibility index (Phi) is 19.6. The molecule has 3 aromatic rings. The number of ether oxygens (including phenoxy) is 3. The van der Waals surface area contributed by atoms with Crippen molar-refractivity contribution in [2.75, 3.05) is 19.8 Å². The first-order chi connectivity index (χ1) is 22.9. The van der Waals surface area contributed by atoms with Crippen molar-refractivity contribution in [3.8, 4) is 17.2 Å². The molecule has 0 fully saturated rings. The number of hydrogen-bond acceptors (Lipinski definition) is 7. The molecule has 0 heterocycles. The quantitative estimate of drug-likeness (QED) is 0.114. The molecular weight excluding hydrogens is 612 g/mol. The van der Waals surface area contributed by atoms with Gasteiger partial charge in [-0.2, -0.15) is 0 Å². The van der Waals surface area contributed by atoms with Crippen LogP contribution in [-0.4, -0.2) is 53.0 Å². The summed E-state index contributed by atoms with van der Waals surface area (Å²) in [6.07, 6.45) is 14.6. The van der Waals surface area contributed by atoms with Gasteiger partial charge in [-0.3, -0.25) is 0 Å². The largest absolute Gasteiger partial charge is 0.508 e. The zero-order valence-electron chi connectivity index (χ0n) is 28.7. The molecule has 0 unspecified atom stereocenters. The Morgan fingerprint density at radius 2 is 0.958 bits per heavy atom. The fourth-order valence-electron chi connectivity index (χ4n) is 3.87. The molecule has 0 aliphatic heterocycles. The second-order valence-electron chi connectivity index (χ2n) is 10.4. The van der Waals surface area contributed by atoms with Gasteiger partial charge in [0.2, 0.25) is 0 Å². The molecule has 0 saturated heterocycles. The number of rotatable bonds is 14. The molecule has 0 saturated carbocycles. The van der Waals surface area contributed by atoms with Crippen LogP contribution in [0.5, 0.6) is 17.2 Å². The van der Waals surface area contributed by atoms with Gasteiger partial charge in [0.1, 0.15) is 37.1 Å². The lowest BCUT2D eigenvalue weighted by atomic mass is 10.1. The maximum Gasteiger partial charge on any atom is 0.338 e. The number of carbonyl (C=O) groups is 3. The van der Waals surface area contributed by atoms with Crippen LogP contribution in [0.1, 0.15) is 87.8 Å². The topological polar surface area (TPSA) is 140 Å². The number of carboxylic acids is 2. The van der Waals surface area contributed by atoms with Crippen LogP contribution >= 0.6 is 0 Å². The van der Waals surface area contributed by atoms with E-state index in [0.717, 1.165) is 30.4 Å². The predicted octanol–water partition coefficient (Wildman–Crippen LogP) is 8.90. The Balaban J connectivity index is 0.000000378. The molecule has 0 bridgehead atoms. The molecule has 9 nitrogen and oxygen atoms in total. The van der Waals surface area contributed by atoms with Crippen molar-refractivity contribution < 1.29 is 43.9 Å². The average Bonchev–Trinajstić information content (AvgIpc) is 3.06. The van der Waals surface area contributed by atoms with Crippen LogP contribution in [0.15, 0.2) is 91.1 Å². The molecule has 258 valence electrons. The number of aromatic carboxylic acids is 2. The molecule has 9 heteroatoms. The third-order valence-electron chi connectivity index (χ3n) is 6.53. The number of carboxylic acid groups (broad SMARTS) is 2. The van der Waals surface area contributed by atoms with E-state index in [-0.39, 0.29) is 22.8 Å². The van der Waals surface area contributed by atoms with E-state index < -0.39 is 11.9 Å². The van der Waals surface area contributed by atoms with Crippen LogP contribution < -0.4 is 9.47 Å². The molecule has 0 atom stereocenters.